The highest BCUT2D eigenvalue weighted by Gasteiger charge is 2.49. The molecule has 1 amide bonds. The molecule has 0 radical (unpaired) electrons. The van der Waals surface area contributed by atoms with Crippen LogP contribution in [0.1, 0.15) is 38.4 Å². The number of rotatable bonds is 8. The maximum Gasteiger partial charge on any atom is 0.350 e. The summed E-state index contributed by atoms with van der Waals surface area (Å²) in [4.78, 5) is 50.7. The van der Waals surface area contributed by atoms with Gasteiger partial charge in [-0.25, -0.2) is 14.8 Å². The Hall–Kier alpha value is -5.55. The van der Waals surface area contributed by atoms with Crippen molar-refractivity contribution in [2.75, 3.05) is 11.5 Å². The molecule has 2 aromatic carbocycles. The SMILES string of the molecule is C=CCOC(=O)c1sc(N2C(=O)C(=O)/C(=C(/O)c3c(C)nc4ccccn34)C2c2cccc(Oc3ccccc3)c2)nc1C. The Morgan fingerprint density at radius 2 is 1.75 bits per heavy atom. The van der Waals surface area contributed by atoms with Crippen molar-refractivity contribution in [3.63, 3.8) is 0 Å². The summed E-state index contributed by atoms with van der Waals surface area (Å²) >= 11 is 0.923. The van der Waals surface area contributed by atoms with Crippen LogP contribution in [0.4, 0.5) is 5.13 Å². The lowest BCUT2D eigenvalue weighted by Gasteiger charge is -2.23. The third kappa shape index (κ3) is 5.03. The molecule has 11 heteroatoms. The fraction of sp³-hybridized carbons (Fsp3) is 0.121. The van der Waals surface area contributed by atoms with Gasteiger partial charge in [0.2, 0.25) is 0 Å². The van der Waals surface area contributed by atoms with E-state index in [2.05, 4.69) is 16.5 Å². The van der Waals surface area contributed by atoms with Crippen molar-refractivity contribution < 1.29 is 29.0 Å². The first-order valence-corrected chi connectivity index (χ1v) is 14.4. The number of hydrogen-bond donors (Lipinski definition) is 1. The van der Waals surface area contributed by atoms with Crippen LogP contribution < -0.4 is 9.64 Å². The standard InChI is InChI=1S/C33H26N4O6S/c1-4-17-42-32(41)30-20(3)35-33(44-30)37-27(21-11-10-14-23(18-21)43-22-12-6-5-7-13-22)25(29(39)31(37)40)28(38)26-19(2)34-24-15-8-9-16-36(24)26/h4-16,18,27,38H,1,17H2,2-3H3/b28-25+. The average molecular weight is 607 g/mol. The summed E-state index contributed by atoms with van der Waals surface area (Å²) in [6.07, 6.45) is 3.16. The number of esters is 1. The van der Waals surface area contributed by atoms with Gasteiger partial charge in [-0.2, -0.15) is 0 Å². The molecule has 0 aliphatic carbocycles. The number of pyridine rings is 1. The summed E-state index contributed by atoms with van der Waals surface area (Å²) in [5, 5.41) is 11.9. The van der Waals surface area contributed by atoms with Gasteiger partial charge in [-0.3, -0.25) is 18.9 Å². The first-order chi connectivity index (χ1) is 21.3. The number of aryl methyl sites for hydroxylation is 2. The number of amides is 1. The Kier molecular flexibility index (Phi) is 7.54. The van der Waals surface area contributed by atoms with E-state index in [0.717, 1.165) is 11.3 Å². The number of aliphatic hydroxyl groups is 1. The van der Waals surface area contributed by atoms with Crippen molar-refractivity contribution in [1.29, 1.82) is 0 Å². The molecule has 1 unspecified atom stereocenters. The molecule has 0 bridgehead atoms. The fourth-order valence-electron chi connectivity index (χ4n) is 5.12. The highest BCUT2D eigenvalue weighted by Crippen LogP contribution is 2.45. The van der Waals surface area contributed by atoms with Crippen molar-refractivity contribution in [2.45, 2.75) is 19.9 Å². The molecule has 4 heterocycles. The second kappa shape index (κ2) is 11.6. The summed E-state index contributed by atoms with van der Waals surface area (Å²) in [6, 6.07) is 20.3. The van der Waals surface area contributed by atoms with Gasteiger partial charge in [-0.15, -0.1) is 0 Å². The second-order valence-corrected chi connectivity index (χ2v) is 10.9. The highest BCUT2D eigenvalue weighted by atomic mass is 32.1. The topological polar surface area (TPSA) is 123 Å². The normalized spacial score (nSPS) is 16.0. The van der Waals surface area contributed by atoms with Gasteiger partial charge in [0.25, 0.3) is 5.78 Å². The van der Waals surface area contributed by atoms with E-state index in [-0.39, 0.29) is 33.6 Å². The van der Waals surface area contributed by atoms with Crippen LogP contribution in [-0.2, 0) is 14.3 Å². The number of fused-ring (bicyclic) bond motifs is 1. The molecule has 3 aromatic heterocycles. The number of carbonyl (C=O) groups excluding carboxylic acids is 3. The predicted molar refractivity (Wildman–Crippen MR) is 165 cm³/mol. The number of Topliss-reactive ketones (excluding diaryl/α,β-unsaturated/α-hetero) is 1. The maximum absolute atomic E-state index is 13.8. The lowest BCUT2D eigenvalue weighted by molar-refractivity contribution is -0.132. The Balaban J connectivity index is 1.53. The molecule has 10 nitrogen and oxygen atoms in total. The third-order valence-electron chi connectivity index (χ3n) is 7.03. The van der Waals surface area contributed by atoms with Gasteiger partial charge in [-0.1, -0.05) is 60.4 Å². The smallest absolute Gasteiger partial charge is 0.350 e. The van der Waals surface area contributed by atoms with Crippen molar-refractivity contribution in [3.8, 4) is 11.5 Å². The van der Waals surface area contributed by atoms with Crippen LogP contribution in [-0.4, -0.2) is 43.7 Å². The molecule has 220 valence electrons. The number of hydrogen-bond acceptors (Lipinski definition) is 9. The molecule has 1 fully saturated rings. The van der Waals surface area contributed by atoms with Gasteiger partial charge in [0, 0.05) is 6.20 Å². The number of aromatic nitrogens is 3. The Labute approximate surface area is 256 Å². The van der Waals surface area contributed by atoms with E-state index in [0.29, 0.717) is 34.1 Å². The minimum atomic E-state index is -1.11. The summed E-state index contributed by atoms with van der Waals surface area (Å²) in [5.41, 5.74) is 1.98. The van der Waals surface area contributed by atoms with E-state index in [9.17, 15) is 19.5 Å². The molecule has 0 saturated carbocycles. The molecule has 44 heavy (non-hydrogen) atoms. The number of thiazole rings is 1. The van der Waals surface area contributed by atoms with Gasteiger partial charge in [0.05, 0.1) is 23.0 Å². The van der Waals surface area contributed by atoms with Crippen LogP contribution in [0.25, 0.3) is 11.4 Å². The second-order valence-electron chi connectivity index (χ2n) is 9.93. The van der Waals surface area contributed by atoms with Gasteiger partial charge in [0.1, 0.15) is 34.3 Å². The highest BCUT2D eigenvalue weighted by molar-refractivity contribution is 7.17. The molecule has 1 saturated heterocycles. The number of aliphatic hydroxyl groups excluding tert-OH is 1. The molecule has 0 spiro atoms. The Morgan fingerprint density at radius 1 is 1.00 bits per heavy atom. The van der Waals surface area contributed by atoms with E-state index in [1.165, 1.54) is 11.0 Å². The monoisotopic (exact) mass is 606 g/mol. The van der Waals surface area contributed by atoms with Crippen molar-refractivity contribution in [3.05, 3.63) is 125 Å². The van der Waals surface area contributed by atoms with Crippen molar-refractivity contribution >= 4 is 45.5 Å². The molecule has 1 atom stereocenters. The zero-order valence-corrected chi connectivity index (χ0v) is 24.6. The molecular weight excluding hydrogens is 580 g/mol. The van der Waals surface area contributed by atoms with Crippen LogP contribution in [0, 0.1) is 13.8 Å². The van der Waals surface area contributed by atoms with Crippen LogP contribution >= 0.6 is 11.3 Å². The average Bonchev–Trinajstić information content (AvgIpc) is 3.66. The fourth-order valence-corrected chi connectivity index (χ4v) is 6.11. The van der Waals surface area contributed by atoms with Gasteiger partial charge < -0.3 is 14.6 Å². The summed E-state index contributed by atoms with van der Waals surface area (Å²) < 4.78 is 12.9. The zero-order valence-electron chi connectivity index (χ0n) is 23.8. The molecule has 5 aromatic rings. The van der Waals surface area contributed by atoms with E-state index < -0.39 is 23.7 Å². The number of ether oxygens (including phenoxy) is 2. The first kappa shape index (κ1) is 28.6. The van der Waals surface area contributed by atoms with Crippen molar-refractivity contribution in [1.82, 2.24) is 14.4 Å². The maximum atomic E-state index is 13.8. The summed E-state index contributed by atoms with van der Waals surface area (Å²) in [6.45, 7) is 6.89. The number of imidazole rings is 1. The van der Waals surface area contributed by atoms with Gasteiger partial charge >= 0.3 is 11.9 Å². The minimum Gasteiger partial charge on any atom is -0.505 e. The molecule has 1 N–H and O–H groups in total. The number of para-hydroxylation sites is 1. The number of benzene rings is 2. The minimum absolute atomic E-state index is 0.00286. The van der Waals surface area contributed by atoms with Crippen LogP contribution in [0.5, 0.6) is 11.5 Å². The predicted octanol–water partition coefficient (Wildman–Crippen LogP) is 6.17. The van der Waals surface area contributed by atoms with Crippen LogP contribution in [0.15, 0.2) is 97.2 Å². The van der Waals surface area contributed by atoms with E-state index >= 15 is 0 Å². The van der Waals surface area contributed by atoms with E-state index in [4.69, 9.17) is 9.47 Å². The van der Waals surface area contributed by atoms with Crippen LogP contribution in [0.2, 0.25) is 0 Å². The molecular formula is C33H26N4O6S. The number of nitrogens with zero attached hydrogens (tertiary/aromatic N) is 4. The number of ketones is 1. The number of carbonyl (C=O) groups is 3. The lowest BCUT2D eigenvalue weighted by Crippen LogP contribution is -2.29. The summed E-state index contributed by atoms with van der Waals surface area (Å²) in [5.74, 6) is -1.78. The van der Waals surface area contributed by atoms with E-state index in [1.807, 2.05) is 24.3 Å². The lowest BCUT2D eigenvalue weighted by atomic mass is 9.96. The quantitative estimate of drug-likeness (QED) is 0.0732. The van der Waals surface area contributed by atoms with Crippen molar-refractivity contribution in [2.24, 2.45) is 0 Å². The number of anilines is 1. The molecule has 6 rings (SSSR count). The largest absolute Gasteiger partial charge is 0.505 e. The zero-order chi connectivity index (χ0) is 31.0. The molecule has 1 aliphatic rings. The third-order valence-corrected chi connectivity index (χ3v) is 8.17. The Morgan fingerprint density at radius 3 is 2.52 bits per heavy atom. The molecule has 1 aliphatic heterocycles. The van der Waals surface area contributed by atoms with Gasteiger partial charge in [0.15, 0.2) is 10.9 Å². The van der Waals surface area contributed by atoms with Gasteiger partial charge in [-0.05, 0) is 55.8 Å². The van der Waals surface area contributed by atoms with E-state index in [1.54, 1.807) is 73.0 Å². The summed E-state index contributed by atoms with van der Waals surface area (Å²) in [7, 11) is 0. The first-order valence-electron chi connectivity index (χ1n) is 13.6. The van der Waals surface area contributed by atoms with Crippen LogP contribution in [0.3, 0.4) is 0 Å². The Bertz CT molecular complexity index is 1980.